The lowest BCUT2D eigenvalue weighted by Crippen LogP contribution is -2.52. The van der Waals surface area contributed by atoms with Crippen LogP contribution in [0.2, 0.25) is 0 Å². The van der Waals surface area contributed by atoms with Crippen LogP contribution >= 0.6 is 22.6 Å². The van der Waals surface area contributed by atoms with Gasteiger partial charge < -0.3 is 21.3 Å². The number of benzene rings is 3. The predicted molar refractivity (Wildman–Crippen MR) is 162 cm³/mol. The van der Waals surface area contributed by atoms with Crippen molar-refractivity contribution in [2.24, 2.45) is 5.73 Å². The average Bonchev–Trinajstić information content (AvgIpc) is 3.12. The third kappa shape index (κ3) is 7.75. The van der Waals surface area contributed by atoms with Gasteiger partial charge in [-0.3, -0.25) is 9.59 Å². The number of carbonyl (C=O) groups excluding carboxylic acids is 2. The lowest BCUT2D eigenvalue weighted by atomic mass is 9.90. The lowest BCUT2D eigenvalue weighted by Gasteiger charge is -2.29. The summed E-state index contributed by atoms with van der Waals surface area (Å²) >= 11 is 2.33. The number of rotatable bonds is 10. The number of carbonyl (C=O) groups is 2. The Morgan fingerprint density at radius 3 is 2.24 bits per heavy atom. The Bertz CT molecular complexity index is 1160. The second-order valence-electron chi connectivity index (χ2n) is 9.55. The molecule has 3 aromatic carbocycles. The highest BCUT2D eigenvalue weighted by atomic mass is 127. The molecule has 0 bridgehead atoms. The van der Waals surface area contributed by atoms with E-state index in [1.54, 1.807) is 6.08 Å². The van der Waals surface area contributed by atoms with Crippen molar-refractivity contribution in [3.8, 4) is 0 Å². The van der Waals surface area contributed by atoms with Crippen LogP contribution in [-0.4, -0.2) is 55.0 Å². The van der Waals surface area contributed by atoms with Crippen molar-refractivity contribution in [3.63, 3.8) is 0 Å². The fourth-order valence-electron chi connectivity index (χ4n) is 4.76. The Morgan fingerprint density at radius 1 is 1.03 bits per heavy atom. The molecule has 0 aromatic heterocycles. The molecule has 1 heterocycles. The Balaban J connectivity index is 1.39. The molecule has 0 aliphatic carbocycles. The van der Waals surface area contributed by atoms with Crippen molar-refractivity contribution in [1.29, 1.82) is 0 Å². The molecule has 1 saturated heterocycles. The van der Waals surface area contributed by atoms with Crippen LogP contribution in [0.5, 0.6) is 0 Å². The Labute approximate surface area is 238 Å². The van der Waals surface area contributed by atoms with Crippen molar-refractivity contribution in [3.05, 3.63) is 113 Å². The molecule has 0 unspecified atom stereocenters. The number of hydrogen-bond donors (Lipinski definition) is 3. The second kappa shape index (κ2) is 14.2. The molecule has 2 atom stereocenters. The average molecular weight is 623 g/mol. The highest BCUT2D eigenvalue weighted by Gasteiger charge is 2.32. The van der Waals surface area contributed by atoms with Gasteiger partial charge in [-0.25, -0.2) is 0 Å². The minimum absolute atomic E-state index is 0.00744. The zero-order chi connectivity index (χ0) is 26.7. The zero-order valence-corrected chi connectivity index (χ0v) is 23.6. The van der Waals surface area contributed by atoms with Gasteiger partial charge in [0.2, 0.25) is 11.8 Å². The minimum atomic E-state index is -0.487. The Kier molecular flexibility index (Phi) is 10.5. The van der Waals surface area contributed by atoms with E-state index in [0.717, 1.165) is 16.4 Å². The topological polar surface area (TPSA) is 87.5 Å². The summed E-state index contributed by atoms with van der Waals surface area (Å²) in [6.45, 7) is 1.80. The minimum Gasteiger partial charge on any atom is -0.351 e. The highest BCUT2D eigenvalue weighted by Crippen LogP contribution is 2.26. The van der Waals surface area contributed by atoms with Crippen molar-refractivity contribution in [2.45, 2.75) is 28.8 Å². The molecule has 1 aliphatic heterocycles. The van der Waals surface area contributed by atoms with Crippen molar-refractivity contribution < 1.29 is 9.59 Å². The van der Waals surface area contributed by atoms with E-state index in [1.165, 1.54) is 16.7 Å². The third-order valence-electron chi connectivity index (χ3n) is 6.92. The quantitative estimate of drug-likeness (QED) is 0.181. The first-order valence-electron chi connectivity index (χ1n) is 13.0. The molecular weight excluding hydrogens is 587 g/mol. The van der Waals surface area contributed by atoms with Gasteiger partial charge >= 0.3 is 0 Å². The van der Waals surface area contributed by atoms with E-state index in [9.17, 15) is 9.59 Å². The monoisotopic (exact) mass is 622 g/mol. The van der Waals surface area contributed by atoms with Crippen LogP contribution in [-0.2, 0) is 14.0 Å². The molecule has 1 fully saturated rings. The van der Waals surface area contributed by atoms with Crippen LogP contribution in [0, 0.1) is 0 Å². The van der Waals surface area contributed by atoms with Crippen molar-refractivity contribution in [1.82, 2.24) is 15.5 Å². The zero-order valence-electron chi connectivity index (χ0n) is 21.4. The number of alkyl halides is 1. The smallest absolute Gasteiger partial charge is 0.244 e. The molecule has 4 rings (SSSR count). The molecule has 198 valence electrons. The third-order valence-corrected chi connectivity index (χ3v) is 7.80. The first-order valence-corrected chi connectivity index (χ1v) is 14.6. The van der Waals surface area contributed by atoms with E-state index in [4.69, 9.17) is 5.73 Å². The van der Waals surface area contributed by atoms with E-state index < -0.39 is 6.04 Å². The van der Waals surface area contributed by atoms with Crippen LogP contribution in [0.25, 0.3) is 6.08 Å². The Morgan fingerprint density at radius 2 is 1.66 bits per heavy atom. The molecule has 1 aliphatic rings. The van der Waals surface area contributed by atoms with Gasteiger partial charge in [0, 0.05) is 48.6 Å². The lowest BCUT2D eigenvalue weighted by molar-refractivity contribution is -0.132. The fraction of sp³-hybridized carbons (Fsp3) is 0.290. The maximum atomic E-state index is 13.4. The van der Waals surface area contributed by atoms with E-state index in [0.29, 0.717) is 19.6 Å². The van der Waals surface area contributed by atoms with Gasteiger partial charge in [-0.05, 0) is 34.8 Å². The van der Waals surface area contributed by atoms with Crippen LogP contribution in [0.4, 0.5) is 0 Å². The second-order valence-corrected chi connectivity index (χ2v) is 10.3. The van der Waals surface area contributed by atoms with Crippen LogP contribution in [0.3, 0.4) is 0 Å². The molecule has 0 radical (unpaired) electrons. The van der Waals surface area contributed by atoms with Gasteiger partial charge in [-0.2, -0.15) is 0 Å². The summed E-state index contributed by atoms with van der Waals surface area (Å²) in [5, 5.41) is 6.36. The first kappa shape index (κ1) is 28.0. The standard InChI is InChI=1S/C31H35IN4O2/c32-19-24-13-11-23(12-14-24)15-16-30(37)34-21-27-17-18-36(31(38)29(20-33)35-27)22-28(25-7-3-1-4-8-25)26-9-5-2-6-10-26/h1-16,27-29,35H,17-22,33H2,(H,34,37)/b16-15+/t27-,29-/m0/s1. The highest BCUT2D eigenvalue weighted by molar-refractivity contribution is 14.1. The van der Waals surface area contributed by atoms with Crippen molar-refractivity contribution in [2.75, 3.05) is 26.2 Å². The molecule has 0 spiro atoms. The normalized spacial score (nSPS) is 18.1. The number of amides is 2. The summed E-state index contributed by atoms with van der Waals surface area (Å²) in [7, 11) is 0. The summed E-state index contributed by atoms with van der Waals surface area (Å²) in [6, 6.07) is 28.2. The molecule has 3 aromatic rings. The summed E-state index contributed by atoms with van der Waals surface area (Å²) in [4.78, 5) is 27.9. The van der Waals surface area contributed by atoms with Crippen molar-refractivity contribution >= 4 is 40.5 Å². The molecule has 4 N–H and O–H groups in total. The maximum Gasteiger partial charge on any atom is 0.244 e. The SMILES string of the molecule is NC[C@@H]1N[C@H](CNC(=O)/C=C/c2ccc(CI)cc2)CCN(CC(c2ccccc2)c2ccccc2)C1=O. The number of nitrogens with one attached hydrogen (secondary N) is 2. The number of nitrogens with zero attached hydrogens (tertiary/aromatic N) is 1. The van der Waals surface area contributed by atoms with Crippen LogP contribution in [0.1, 0.15) is 34.6 Å². The summed E-state index contributed by atoms with van der Waals surface area (Å²) in [5.41, 5.74) is 10.6. The summed E-state index contributed by atoms with van der Waals surface area (Å²) < 4.78 is 0.958. The Hall–Kier alpha value is -3.01. The van der Waals surface area contributed by atoms with Gasteiger partial charge in [-0.1, -0.05) is 108 Å². The molecular formula is C31H35IN4O2. The predicted octanol–water partition coefficient (Wildman–Crippen LogP) is 4.10. The first-order chi connectivity index (χ1) is 18.6. The van der Waals surface area contributed by atoms with Gasteiger partial charge in [0.1, 0.15) is 0 Å². The fourth-order valence-corrected chi connectivity index (χ4v) is 5.27. The van der Waals surface area contributed by atoms with E-state index in [1.807, 2.05) is 59.5 Å². The van der Waals surface area contributed by atoms with Gasteiger partial charge in [0.25, 0.3) is 0 Å². The van der Waals surface area contributed by atoms with Gasteiger partial charge in [0.05, 0.1) is 6.04 Å². The number of hydrogen-bond acceptors (Lipinski definition) is 4. The van der Waals surface area contributed by atoms with Crippen LogP contribution < -0.4 is 16.4 Å². The van der Waals surface area contributed by atoms with Gasteiger partial charge in [0.15, 0.2) is 0 Å². The van der Waals surface area contributed by atoms with Gasteiger partial charge in [-0.15, -0.1) is 0 Å². The number of halogens is 1. The molecule has 0 saturated carbocycles. The summed E-state index contributed by atoms with van der Waals surface area (Å²) in [5.74, 6) is -0.0881. The van der Waals surface area contributed by atoms with E-state index in [2.05, 4.69) is 69.6 Å². The molecule has 2 amide bonds. The molecule has 6 nitrogen and oxygen atoms in total. The van der Waals surface area contributed by atoms with E-state index in [-0.39, 0.29) is 30.3 Å². The molecule has 7 heteroatoms. The molecule has 38 heavy (non-hydrogen) atoms. The van der Waals surface area contributed by atoms with Crippen LogP contribution in [0.15, 0.2) is 91.0 Å². The maximum absolute atomic E-state index is 13.4. The number of nitrogens with two attached hydrogens (primary N) is 1. The largest absolute Gasteiger partial charge is 0.351 e. The van der Waals surface area contributed by atoms with E-state index >= 15 is 0 Å². The summed E-state index contributed by atoms with van der Waals surface area (Å²) in [6.07, 6.45) is 4.09.